The summed E-state index contributed by atoms with van der Waals surface area (Å²) < 4.78 is 0. The second kappa shape index (κ2) is 4.20. The number of aliphatic hydroxyl groups excluding tert-OH is 1. The van der Waals surface area contributed by atoms with Gasteiger partial charge in [0.25, 0.3) is 0 Å². The van der Waals surface area contributed by atoms with E-state index in [9.17, 15) is 5.11 Å². The molecule has 3 heteroatoms. The van der Waals surface area contributed by atoms with E-state index in [2.05, 4.69) is 32.3 Å². The van der Waals surface area contributed by atoms with Gasteiger partial charge in [-0.25, -0.2) is 0 Å². The number of nitrogens with one attached hydrogen (secondary N) is 1. The van der Waals surface area contributed by atoms with E-state index in [-0.39, 0.29) is 11.5 Å². The molecule has 0 heterocycles. The van der Waals surface area contributed by atoms with Crippen molar-refractivity contribution in [3.63, 3.8) is 0 Å². The molecule has 1 rings (SSSR count). The SMILES string of the molecule is CSCC(C)NC1CC(O)C1(C)C. The minimum absolute atomic E-state index is 0.0622. The van der Waals surface area contributed by atoms with Gasteiger partial charge in [0, 0.05) is 23.3 Å². The summed E-state index contributed by atoms with van der Waals surface area (Å²) in [4.78, 5) is 0. The molecular weight excluding hydrogens is 182 g/mol. The fraction of sp³-hybridized carbons (Fsp3) is 1.00. The predicted octanol–water partition coefficient (Wildman–Crippen LogP) is 1.49. The Kier molecular flexibility index (Phi) is 3.66. The highest BCUT2D eigenvalue weighted by Crippen LogP contribution is 2.40. The van der Waals surface area contributed by atoms with Crippen molar-refractivity contribution in [2.24, 2.45) is 5.41 Å². The Morgan fingerprint density at radius 1 is 1.62 bits per heavy atom. The number of hydrogen-bond donors (Lipinski definition) is 2. The molecule has 3 unspecified atom stereocenters. The zero-order valence-corrected chi connectivity index (χ0v) is 9.82. The van der Waals surface area contributed by atoms with E-state index in [0.717, 1.165) is 12.2 Å². The van der Waals surface area contributed by atoms with Crippen molar-refractivity contribution in [3.05, 3.63) is 0 Å². The van der Waals surface area contributed by atoms with Gasteiger partial charge < -0.3 is 10.4 Å². The highest BCUT2D eigenvalue weighted by Gasteiger charge is 2.47. The standard InChI is InChI=1S/C10H21NOS/c1-7(6-13-4)11-8-5-9(12)10(8,2)3/h7-9,11-12H,5-6H2,1-4H3. The molecule has 2 nitrogen and oxygen atoms in total. The van der Waals surface area contributed by atoms with E-state index in [0.29, 0.717) is 12.1 Å². The summed E-state index contributed by atoms with van der Waals surface area (Å²) >= 11 is 1.86. The van der Waals surface area contributed by atoms with Crippen molar-refractivity contribution < 1.29 is 5.11 Å². The van der Waals surface area contributed by atoms with Gasteiger partial charge >= 0.3 is 0 Å². The molecule has 13 heavy (non-hydrogen) atoms. The van der Waals surface area contributed by atoms with Crippen LogP contribution in [-0.2, 0) is 0 Å². The Balaban J connectivity index is 2.31. The quantitative estimate of drug-likeness (QED) is 0.726. The second-order valence-electron chi connectivity index (χ2n) is 4.65. The van der Waals surface area contributed by atoms with Crippen molar-refractivity contribution in [2.45, 2.75) is 45.4 Å². The highest BCUT2D eigenvalue weighted by atomic mass is 32.2. The van der Waals surface area contributed by atoms with Gasteiger partial charge in [-0.05, 0) is 19.6 Å². The van der Waals surface area contributed by atoms with E-state index >= 15 is 0 Å². The maximum atomic E-state index is 9.54. The average Bonchev–Trinajstić information content (AvgIpc) is 2.04. The third-order valence-electron chi connectivity index (χ3n) is 3.12. The van der Waals surface area contributed by atoms with Gasteiger partial charge in [0.1, 0.15) is 0 Å². The molecule has 0 aliphatic heterocycles. The highest BCUT2D eigenvalue weighted by molar-refractivity contribution is 7.98. The van der Waals surface area contributed by atoms with E-state index in [1.807, 2.05) is 11.8 Å². The molecule has 1 fully saturated rings. The zero-order chi connectivity index (χ0) is 10.1. The van der Waals surface area contributed by atoms with Crippen molar-refractivity contribution >= 4 is 11.8 Å². The minimum atomic E-state index is -0.119. The summed E-state index contributed by atoms with van der Waals surface area (Å²) in [6.45, 7) is 6.46. The van der Waals surface area contributed by atoms with Gasteiger partial charge in [-0.2, -0.15) is 11.8 Å². The number of hydrogen-bond acceptors (Lipinski definition) is 3. The van der Waals surface area contributed by atoms with Crippen LogP contribution >= 0.6 is 11.8 Å². The molecule has 1 saturated carbocycles. The summed E-state index contributed by atoms with van der Waals surface area (Å²) in [5.41, 5.74) is 0.0622. The van der Waals surface area contributed by atoms with Gasteiger partial charge in [0.2, 0.25) is 0 Å². The van der Waals surface area contributed by atoms with Crippen LogP contribution in [0.1, 0.15) is 27.2 Å². The van der Waals surface area contributed by atoms with Gasteiger partial charge in [-0.1, -0.05) is 13.8 Å². The van der Waals surface area contributed by atoms with Crippen LogP contribution in [0.15, 0.2) is 0 Å². The first-order valence-electron chi connectivity index (χ1n) is 4.91. The molecule has 3 atom stereocenters. The Morgan fingerprint density at radius 3 is 2.62 bits per heavy atom. The predicted molar refractivity (Wildman–Crippen MR) is 59.2 cm³/mol. The first-order valence-corrected chi connectivity index (χ1v) is 6.31. The van der Waals surface area contributed by atoms with E-state index < -0.39 is 0 Å². The van der Waals surface area contributed by atoms with Crippen LogP contribution in [0.2, 0.25) is 0 Å². The van der Waals surface area contributed by atoms with Gasteiger partial charge in [-0.3, -0.25) is 0 Å². The summed E-state index contributed by atoms with van der Waals surface area (Å²) in [5.74, 6) is 1.14. The summed E-state index contributed by atoms with van der Waals surface area (Å²) in [6, 6.07) is 1.04. The van der Waals surface area contributed by atoms with Crippen LogP contribution in [0, 0.1) is 5.41 Å². The monoisotopic (exact) mass is 203 g/mol. The topological polar surface area (TPSA) is 32.3 Å². The molecular formula is C10H21NOS. The maximum Gasteiger partial charge on any atom is 0.0621 e. The Bertz CT molecular complexity index is 172. The maximum absolute atomic E-state index is 9.54. The van der Waals surface area contributed by atoms with Crippen LogP contribution in [0.4, 0.5) is 0 Å². The molecule has 1 aliphatic rings. The van der Waals surface area contributed by atoms with Crippen molar-refractivity contribution in [2.75, 3.05) is 12.0 Å². The zero-order valence-electron chi connectivity index (χ0n) is 9.00. The largest absolute Gasteiger partial charge is 0.392 e. The first-order chi connectivity index (χ1) is 5.98. The van der Waals surface area contributed by atoms with Crippen LogP contribution < -0.4 is 5.32 Å². The lowest BCUT2D eigenvalue weighted by atomic mass is 9.64. The number of rotatable bonds is 4. The van der Waals surface area contributed by atoms with Crippen LogP contribution in [0.5, 0.6) is 0 Å². The van der Waals surface area contributed by atoms with Gasteiger partial charge in [0.15, 0.2) is 0 Å². The lowest BCUT2D eigenvalue weighted by Crippen LogP contribution is -2.61. The molecule has 0 aromatic carbocycles. The lowest BCUT2D eigenvalue weighted by Gasteiger charge is -2.50. The molecule has 0 aromatic rings. The smallest absolute Gasteiger partial charge is 0.0621 e. The molecule has 1 aliphatic carbocycles. The minimum Gasteiger partial charge on any atom is -0.392 e. The van der Waals surface area contributed by atoms with Crippen LogP contribution in [0.25, 0.3) is 0 Å². The molecule has 78 valence electrons. The normalized spacial score (nSPS) is 33.9. The van der Waals surface area contributed by atoms with E-state index in [1.54, 1.807) is 0 Å². The van der Waals surface area contributed by atoms with Crippen LogP contribution in [0.3, 0.4) is 0 Å². The molecule has 2 N–H and O–H groups in total. The fourth-order valence-electron chi connectivity index (χ4n) is 1.83. The Labute approximate surface area is 85.5 Å². The Hall–Kier alpha value is 0.270. The lowest BCUT2D eigenvalue weighted by molar-refractivity contribution is -0.0745. The summed E-state index contributed by atoms with van der Waals surface area (Å²) in [5, 5.41) is 13.1. The van der Waals surface area contributed by atoms with Crippen LogP contribution in [-0.4, -0.2) is 35.3 Å². The first kappa shape index (κ1) is 11.3. The third-order valence-corrected chi connectivity index (χ3v) is 3.95. The van der Waals surface area contributed by atoms with Crippen molar-refractivity contribution in [1.82, 2.24) is 5.32 Å². The molecule has 0 radical (unpaired) electrons. The number of aliphatic hydroxyl groups is 1. The van der Waals surface area contributed by atoms with E-state index in [1.165, 1.54) is 0 Å². The van der Waals surface area contributed by atoms with E-state index in [4.69, 9.17) is 0 Å². The van der Waals surface area contributed by atoms with Gasteiger partial charge in [-0.15, -0.1) is 0 Å². The second-order valence-corrected chi connectivity index (χ2v) is 5.56. The van der Waals surface area contributed by atoms with Crippen molar-refractivity contribution in [1.29, 1.82) is 0 Å². The average molecular weight is 203 g/mol. The molecule has 0 bridgehead atoms. The third kappa shape index (κ3) is 2.39. The summed E-state index contributed by atoms with van der Waals surface area (Å²) in [6.07, 6.45) is 2.91. The fourth-order valence-corrected chi connectivity index (χ4v) is 2.42. The summed E-state index contributed by atoms with van der Waals surface area (Å²) in [7, 11) is 0. The molecule has 0 amide bonds. The molecule has 0 spiro atoms. The Morgan fingerprint density at radius 2 is 2.23 bits per heavy atom. The molecule has 0 aromatic heterocycles. The van der Waals surface area contributed by atoms with Gasteiger partial charge in [0.05, 0.1) is 6.10 Å². The molecule has 0 saturated heterocycles. The number of thioether (sulfide) groups is 1. The van der Waals surface area contributed by atoms with Crippen molar-refractivity contribution in [3.8, 4) is 0 Å².